The fourth-order valence-corrected chi connectivity index (χ4v) is 1.98. The molecule has 82 valence electrons. The molecule has 5 nitrogen and oxygen atoms in total. The zero-order valence-electron chi connectivity index (χ0n) is 8.70. The fourth-order valence-electron chi connectivity index (χ4n) is 1.03. The van der Waals surface area contributed by atoms with Gasteiger partial charge >= 0.3 is 5.97 Å². The molecule has 0 aliphatic heterocycles. The lowest BCUT2D eigenvalue weighted by Crippen LogP contribution is -2.25. The molecule has 2 N–H and O–H groups in total. The molecule has 1 heterocycles. The monoisotopic (exact) mass is 228 g/mol. The lowest BCUT2D eigenvalue weighted by molar-refractivity contribution is -0.137. The molecular weight excluding hydrogens is 216 g/mol. The lowest BCUT2D eigenvalue weighted by atomic mass is 10.3. The zero-order valence-corrected chi connectivity index (χ0v) is 9.51. The number of anilines is 1. The summed E-state index contributed by atoms with van der Waals surface area (Å²) in [6.07, 6.45) is 0. The minimum atomic E-state index is -0.952. The van der Waals surface area contributed by atoms with Crippen LogP contribution in [0, 0.1) is 6.92 Å². The van der Waals surface area contributed by atoms with Crippen molar-refractivity contribution in [3.63, 3.8) is 0 Å². The molecule has 1 aromatic heterocycles. The molecule has 0 fully saturated rings. The Labute approximate surface area is 91.1 Å². The van der Waals surface area contributed by atoms with Gasteiger partial charge in [0.2, 0.25) is 0 Å². The number of Topliss-reactive ketones (excluding diaryl/α,β-unsaturated/α-hetero) is 1. The molecule has 0 bridgehead atoms. The zero-order chi connectivity index (χ0) is 11.6. The predicted octanol–water partition coefficient (Wildman–Crippen LogP) is 1.54. The van der Waals surface area contributed by atoms with Crippen LogP contribution in [0.1, 0.15) is 29.2 Å². The van der Waals surface area contributed by atoms with Gasteiger partial charge in [-0.15, -0.1) is 11.3 Å². The minimum absolute atomic E-state index is 0.111. The fraction of sp³-hybridized carbons (Fsp3) is 0.444. The number of aliphatic carboxylic acids is 1. The summed E-state index contributed by atoms with van der Waals surface area (Å²) in [4.78, 5) is 26.5. The number of hydrogen-bond acceptors (Lipinski definition) is 5. The van der Waals surface area contributed by atoms with Gasteiger partial charge in [-0.25, -0.2) is 4.98 Å². The third-order valence-corrected chi connectivity index (χ3v) is 2.74. The Bertz CT molecular complexity index is 400. The van der Waals surface area contributed by atoms with E-state index >= 15 is 0 Å². The average molecular weight is 228 g/mol. The van der Waals surface area contributed by atoms with Crippen LogP contribution in [-0.2, 0) is 4.79 Å². The standard InChI is InChI=1S/C9H12N2O3S/c1-4(8(13)14)10-9-11-7(5(2)12)6(3)15-9/h4H,1-3H3,(H,10,11)(H,13,14)/t4-/m0/s1. The number of aromatic nitrogens is 1. The number of aryl methyl sites for hydroxylation is 1. The number of hydrogen-bond donors (Lipinski definition) is 2. The van der Waals surface area contributed by atoms with Crippen LogP contribution < -0.4 is 5.32 Å². The van der Waals surface area contributed by atoms with E-state index in [1.165, 1.54) is 25.2 Å². The SMILES string of the molecule is CC(=O)c1nc(N[C@@H](C)C(=O)O)sc1C. The number of nitrogens with zero attached hydrogens (tertiary/aromatic N) is 1. The van der Waals surface area contributed by atoms with Crippen LogP contribution in [-0.4, -0.2) is 27.9 Å². The number of carbonyl (C=O) groups is 2. The molecule has 1 rings (SSSR count). The van der Waals surface area contributed by atoms with Crippen molar-refractivity contribution in [2.24, 2.45) is 0 Å². The van der Waals surface area contributed by atoms with E-state index in [2.05, 4.69) is 10.3 Å². The summed E-state index contributed by atoms with van der Waals surface area (Å²) in [6.45, 7) is 4.74. The van der Waals surface area contributed by atoms with Crippen molar-refractivity contribution in [2.45, 2.75) is 26.8 Å². The summed E-state index contributed by atoms with van der Waals surface area (Å²) < 4.78 is 0. The molecule has 0 aliphatic carbocycles. The van der Waals surface area contributed by atoms with Crippen molar-refractivity contribution in [3.8, 4) is 0 Å². The summed E-state index contributed by atoms with van der Waals surface area (Å²) >= 11 is 1.28. The van der Waals surface area contributed by atoms with E-state index in [9.17, 15) is 9.59 Å². The second kappa shape index (κ2) is 4.39. The molecule has 1 aromatic rings. The molecule has 0 saturated heterocycles. The normalized spacial score (nSPS) is 12.2. The summed E-state index contributed by atoms with van der Waals surface area (Å²) in [5.74, 6) is -1.06. The van der Waals surface area contributed by atoms with E-state index in [4.69, 9.17) is 5.11 Å². The second-order valence-corrected chi connectivity index (χ2v) is 4.39. The van der Waals surface area contributed by atoms with E-state index in [1.807, 2.05) is 0 Å². The molecule has 0 saturated carbocycles. The Balaban J connectivity index is 2.84. The van der Waals surface area contributed by atoms with Crippen LogP contribution in [0.5, 0.6) is 0 Å². The van der Waals surface area contributed by atoms with E-state index < -0.39 is 12.0 Å². The number of nitrogens with one attached hydrogen (secondary N) is 1. The highest BCUT2D eigenvalue weighted by Gasteiger charge is 2.15. The molecule has 0 aliphatic rings. The van der Waals surface area contributed by atoms with Gasteiger partial charge in [0.1, 0.15) is 11.7 Å². The molecule has 0 unspecified atom stereocenters. The van der Waals surface area contributed by atoms with Crippen LogP contribution >= 0.6 is 11.3 Å². The van der Waals surface area contributed by atoms with E-state index in [-0.39, 0.29) is 5.78 Å². The topological polar surface area (TPSA) is 79.3 Å². The molecule has 6 heteroatoms. The Kier molecular flexibility index (Phi) is 3.41. The highest BCUT2D eigenvalue weighted by Crippen LogP contribution is 2.22. The van der Waals surface area contributed by atoms with Gasteiger partial charge in [0.15, 0.2) is 10.9 Å². The van der Waals surface area contributed by atoms with Gasteiger partial charge < -0.3 is 10.4 Å². The predicted molar refractivity (Wildman–Crippen MR) is 57.6 cm³/mol. The highest BCUT2D eigenvalue weighted by atomic mass is 32.1. The number of carboxylic acids is 1. The van der Waals surface area contributed by atoms with Gasteiger partial charge in [-0.1, -0.05) is 0 Å². The average Bonchev–Trinajstić information content (AvgIpc) is 2.46. The molecule has 1 atom stereocenters. The van der Waals surface area contributed by atoms with Crippen molar-refractivity contribution in [3.05, 3.63) is 10.6 Å². The maximum Gasteiger partial charge on any atom is 0.325 e. The van der Waals surface area contributed by atoms with Crippen molar-refractivity contribution < 1.29 is 14.7 Å². The van der Waals surface area contributed by atoms with Gasteiger partial charge in [0, 0.05) is 11.8 Å². The number of carboxylic acid groups (broad SMARTS) is 1. The third-order valence-electron chi connectivity index (χ3n) is 1.84. The van der Waals surface area contributed by atoms with E-state index in [0.29, 0.717) is 10.8 Å². The summed E-state index contributed by atoms with van der Waals surface area (Å²) in [5.41, 5.74) is 0.403. The Hall–Kier alpha value is -1.43. The first kappa shape index (κ1) is 11.6. The first-order valence-corrected chi connectivity index (χ1v) is 5.21. The summed E-state index contributed by atoms with van der Waals surface area (Å²) in [7, 11) is 0. The van der Waals surface area contributed by atoms with E-state index in [1.54, 1.807) is 6.92 Å². The lowest BCUT2D eigenvalue weighted by Gasteiger charge is -2.05. The van der Waals surface area contributed by atoms with Crippen molar-refractivity contribution in [1.82, 2.24) is 4.98 Å². The number of ketones is 1. The minimum Gasteiger partial charge on any atom is -0.480 e. The highest BCUT2D eigenvalue weighted by molar-refractivity contribution is 7.15. The van der Waals surface area contributed by atoms with Gasteiger partial charge in [-0.3, -0.25) is 9.59 Å². The van der Waals surface area contributed by atoms with Gasteiger partial charge in [0.05, 0.1) is 0 Å². The van der Waals surface area contributed by atoms with Crippen LogP contribution in [0.25, 0.3) is 0 Å². The molecule has 15 heavy (non-hydrogen) atoms. The van der Waals surface area contributed by atoms with Crippen LogP contribution in [0.2, 0.25) is 0 Å². The summed E-state index contributed by atoms with van der Waals surface area (Å²) in [6, 6.07) is -0.713. The maximum absolute atomic E-state index is 11.1. The Morgan fingerprint density at radius 2 is 2.13 bits per heavy atom. The molecule has 0 spiro atoms. The van der Waals surface area contributed by atoms with Crippen molar-refractivity contribution >= 4 is 28.2 Å². The smallest absolute Gasteiger partial charge is 0.325 e. The number of thiazole rings is 1. The summed E-state index contributed by atoms with van der Waals surface area (Å²) in [5, 5.41) is 11.9. The molecule has 0 radical (unpaired) electrons. The Morgan fingerprint density at radius 3 is 2.53 bits per heavy atom. The third kappa shape index (κ3) is 2.76. The van der Waals surface area contributed by atoms with Crippen LogP contribution in [0.15, 0.2) is 0 Å². The number of rotatable bonds is 4. The quantitative estimate of drug-likeness (QED) is 0.764. The molecular formula is C9H12N2O3S. The van der Waals surface area contributed by atoms with E-state index in [0.717, 1.165) is 4.88 Å². The van der Waals surface area contributed by atoms with Gasteiger partial charge in [-0.05, 0) is 13.8 Å². The second-order valence-electron chi connectivity index (χ2n) is 3.18. The Morgan fingerprint density at radius 1 is 1.53 bits per heavy atom. The van der Waals surface area contributed by atoms with Gasteiger partial charge in [0.25, 0.3) is 0 Å². The molecule has 0 aromatic carbocycles. The number of carbonyl (C=O) groups excluding carboxylic acids is 1. The first-order chi connectivity index (χ1) is 6.91. The van der Waals surface area contributed by atoms with Gasteiger partial charge in [-0.2, -0.15) is 0 Å². The van der Waals surface area contributed by atoms with Crippen molar-refractivity contribution in [2.75, 3.05) is 5.32 Å². The van der Waals surface area contributed by atoms with Crippen LogP contribution in [0.4, 0.5) is 5.13 Å². The first-order valence-electron chi connectivity index (χ1n) is 4.39. The largest absolute Gasteiger partial charge is 0.480 e. The van der Waals surface area contributed by atoms with Crippen LogP contribution in [0.3, 0.4) is 0 Å². The molecule has 0 amide bonds. The maximum atomic E-state index is 11.1. The van der Waals surface area contributed by atoms with Crippen molar-refractivity contribution in [1.29, 1.82) is 0 Å².